The summed E-state index contributed by atoms with van der Waals surface area (Å²) in [5.74, 6) is 0.290. The van der Waals surface area contributed by atoms with Crippen molar-refractivity contribution < 1.29 is 4.79 Å². The molecule has 0 spiro atoms. The van der Waals surface area contributed by atoms with Crippen LogP contribution in [-0.2, 0) is 11.3 Å². The number of amides is 1. The number of nitriles is 1. The van der Waals surface area contributed by atoms with Crippen LogP contribution in [0, 0.1) is 11.3 Å². The Morgan fingerprint density at radius 2 is 2.25 bits per heavy atom. The second-order valence-electron chi connectivity index (χ2n) is 5.59. The summed E-state index contributed by atoms with van der Waals surface area (Å²) >= 11 is 0. The second-order valence-corrected chi connectivity index (χ2v) is 5.59. The molecule has 2 atom stereocenters. The standard InChI is InChI=1S/C16H19N3O/c1-2-19-14-6-7-18(15(14)9-16(19)20)11-13-5-3-4-12(8-13)10-17/h3-5,8,14-15H,2,6-7,9,11H2,1H3/t14-,15+/m0/s1. The van der Waals surface area contributed by atoms with Gasteiger partial charge >= 0.3 is 0 Å². The quantitative estimate of drug-likeness (QED) is 0.840. The Morgan fingerprint density at radius 1 is 1.40 bits per heavy atom. The van der Waals surface area contributed by atoms with Crippen molar-refractivity contribution in [2.24, 2.45) is 0 Å². The van der Waals surface area contributed by atoms with Gasteiger partial charge in [0.2, 0.25) is 5.91 Å². The SMILES string of the molecule is CCN1C(=O)C[C@@H]2[C@@H]1CCN2Cc1cccc(C#N)c1. The topological polar surface area (TPSA) is 47.3 Å². The minimum atomic E-state index is 0.290. The third kappa shape index (κ3) is 2.19. The van der Waals surface area contributed by atoms with Crippen LogP contribution >= 0.6 is 0 Å². The van der Waals surface area contributed by atoms with Crippen LogP contribution in [-0.4, -0.2) is 40.9 Å². The molecule has 2 fully saturated rings. The van der Waals surface area contributed by atoms with Crippen LogP contribution in [0.4, 0.5) is 0 Å². The molecule has 104 valence electrons. The van der Waals surface area contributed by atoms with Gasteiger partial charge < -0.3 is 4.90 Å². The lowest BCUT2D eigenvalue weighted by atomic mass is 10.1. The maximum atomic E-state index is 12.0. The molecule has 20 heavy (non-hydrogen) atoms. The minimum Gasteiger partial charge on any atom is -0.338 e. The first-order valence-corrected chi connectivity index (χ1v) is 7.25. The fraction of sp³-hybridized carbons (Fsp3) is 0.500. The molecule has 0 unspecified atom stereocenters. The fourth-order valence-electron chi connectivity index (χ4n) is 3.59. The van der Waals surface area contributed by atoms with E-state index in [-0.39, 0.29) is 5.91 Å². The molecule has 0 aliphatic carbocycles. The van der Waals surface area contributed by atoms with Crippen LogP contribution < -0.4 is 0 Å². The molecule has 0 aromatic heterocycles. The van der Waals surface area contributed by atoms with Crippen molar-refractivity contribution in [1.82, 2.24) is 9.80 Å². The van der Waals surface area contributed by atoms with Gasteiger partial charge in [0.05, 0.1) is 11.6 Å². The molecule has 1 aromatic rings. The van der Waals surface area contributed by atoms with Crippen molar-refractivity contribution in [2.45, 2.75) is 38.4 Å². The molecule has 2 aliphatic heterocycles. The number of carbonyl (C=O) groups is 1. The number of nitrogens with zero attached hydrogens (tertiary/aromatic N) is 3. The van der Waals surface area contributed by atoms with Gasteiger partial charge in [0.1, 0.15) is 0 Å². The smallest absolute Gasteiger partial charge is 0.224 e. The zero-order valence-electron chi connectivity index (χ0n) is 11.7. The van der Waals surface area contributed by atoms with Gasteiger partial charge in [-0.2, -0.15) is 5.26 Å². The summed E-state index contributed by atoms with van der Waals surface area (Å²) in [6, 6.07) is 10.7. The van der Waals surface area contributed by atoms with Crippen LogP contribution in [0.2, 0.25) is 0 Å². The van der Waals surface area contributed by atoms with Crippen molar-refractivity contribution in [2.75, 3.05) is 13.1 Å². The lowest BCUT2D eigenvalue weighted by Gasteiger charge is -2.24. The molecular weight excluding hydrogens is 250 g/mol. The molecule has 2 aliphatic rings. The molecule has 3 rings (SSSR count). The number of carbonyl (C=O) groups excluding carboxylic acids is 1. The van der Waals surface area contributed by atoms with Gasteiger partial charge in [-0.15, -0.1) is 0 Å². The Morgan fingerprint density at radius 3 is 3.00 bits per heavy atom. The highest BCUT2D eigenvalue weighted by atomic mass is 16.2. The van der Waals surface area contributed by atoms with Crippen LogP contribution in [0.15, 0.2) is 24.3 Å². The predicted octanol–water partition coefficient (Wildman–Crippen LogP) is 1.75. The molecular formula is C16H19N3O. The highest BCUT2D eigenvalue weighted by Gasteiger charge is 2.45. The third-order valence-corrected chi connectivity index (χ3v) is 4.51. The van der Waals surface area contributed by atoms with Crippen LogP contribution in [0.25, 0.3) is 0 Å². The lowest BCUT2D eigenvalue weighted by Crippen LogP contribution is -2.36. The van der Waals surface area contributed by atoms with E-state index in [1.165, 1.54) is 0 Å². The van der Waals surface area contributed by atoms with E-state index in [0.717, 1.165) is 31.6 Å². The Labute approximate surface area is 119 Å². The second kappa shape index (κ2) is 5.26. The molecule has 0 bridgehead atoms. The summed E-state index contributed by atoms with van der Waals surface area (Å²) in [5.41, 5.74) is 1.86. The summed E-state index contributed by atoms with van der Waals surface area (Å²) in [4.78, 5) is 16.4. The maximum absolute atomic E-state index is 12.0. The molecule has 2 saturated heterocycles. The van der Waals surface area contributed by atoms with E-state index in [4.69, 9.17) is 5.26 Å². The summed E-state index contributed by atoms with van der Waals surface area (Å²) in [6.07, 6.45) is 1.72. The van der Waals surface area contributed by atoms with Gasteiger partial charge in [-0.05, 0) is 31.0 Å². The van der Waals surface area contributed by atoms with E-state index < -0.39 is 0 Å². The largest absolute Gasteiger partial charge is 0.338 e. The van der Waals surface area contributed by atoms with Crippen LogP contribution in [0.1, 0.15) is 30.9 Å². The van der Waals surface area contributed by atoms with Crippen molar-refractivity contribution in [3.63, 3.8) is 0 Å². The number of fused-ring (bicyclic) bond motifs is 1. The first-order chi connectivity index (χ1) is 9.72. The molecule has 4 heteroatoms. The minimum absolute atomic E-state index is 0.290. The van der Waals surface area contributed by atoms with Gasteiger partial charge in [0.15, 0.2) is 0 Å². The molecule has 0 radical (unpaired) electrons. The summed E-state index contributed by atoms with van der Waals surface area (Å²) < 4.78 is 0. The zero-order valence-corrected chi connectivity index (χ0v) is 11.7. The molecule has 1 aromatic carbocycles. The summed E-state index contributed by atoms with van der Waals surface area (Å²) in [7, 11) is 0. The number of hydrogen-bond acceptors (Lipinski definition) is 3. The maximum Gasteiger partial charge on any atom is 0.224 e. The van der Waals surface area contributed by atoms with E-state index in [0.29, 0.717) is 24.1 Å². The van der Waals surface area contributed by atoms with Crippen molar-refractivity contribution in [3.8, 4) is 6.07 Å². The van der Waals surface area contributed by atoms with E-state index in [1.54, 1.807) is 0 Å². The summed E-state index contributed by atoms with van der Waals surface area (Å²) in [5, 5.41) is 8.96. The Hall–Kier alpha value is -1.86. The molecule has 2 heterocycles. The van der Waals surface area contributed by atoms with Crippen molar-refractivity contribution >= 4 is 5.91 Å². The van der Waals surface area contributed by atoms with Crippen molar-refractivity contribution in [1.29, 1.82) is 5.26 Å². The van der Waals surface area contributed by atoms with Crippen LogP contribution in [0.5, 0.6) is 0 Å². The van der Waals surface area contributed by atoms with E-state index in [2.05, 4.69) is 24.0 Å². The van der Waals surface area contributed by atoms with Crippen molar-refractivity contribution in [3.05, 3.63) is 35.4 Å². The monoisotopic (exact) mass is 269 g/mol. The van der Waals surface area contributed by atoms with Gasteiger partial charge in [-0.25, -0.2) is 0 Å². The van der Waals surface area contributed by atoms with Gasteiger partial charge in [0.25, 0.3) is 0 Å². The van der Waals surface area contributed by atoms with E-state index in [9.17, 15) is 4.79 Å². The Kier molecular flexibility index (Phi) is 3.45. The fourth-order valence-corrected chi connectivity index (χ4v) is 3.59. The number of rotatable bonds is 3. The Balaban J connectivity index is 1.73. The first-order valence-electron chi connectivity index (χ1n) is 7.25. The number of likely N-dealkylation sites (N-methyl/N-ethyl adjacent to an activating group) is 1. The summed E-state index contributed by atoms with van der Waals surface area (Å²) in [6.45, 7) is 4.74. The molecule has 0 N–H and O–H groups in total. The number of benzene rings is 1. The number of hydrogen-bond donors (Lipinski definition) is 0. The highest BCUT2D eigenvalue weighted by molar-refractivity contribution is 5.80. The van der Waals surface area contributed by atoms with Gasteiger partial charge in [-0.3, -0.25) is 9.69 Å². The first kappa shape index (κ1) is 13.1. The van der Waals surface area contributed by atoms with E-state index >= 15 is 0 Å². The number of likely N-dealkylation sites (tertiary alicyclic amines) is 2. The zero-order chi connectivity index (χ0) is 14.1. The lowest BCUT2D eigenvalue weighted by molar-refractivity contribution is -0.128. The van der Waals surface area contributed by atoms with Gasteiger partial charge in [-0.1, -0.05) is 12.1 Å². The van der Waals surface area contributed by atoms with Crippen LogP contribution in [0.3, 0.4) is 0 Å². The average molecular weight is 269 g/mol. The van der Waals surface area contributed by atoms with E-state index in [1.807, 2.05) is 23.1 Å². The molecule has 0 saturated carbocycles. The van der Waals surface area contributed by atoms with Gasteiger partial charge in [0, 0.05) is 38.1 Å². The molecule has 4 nitrogen and oxygen atoms in total. The third-order valence-electron chi connectivity index (χ3n) is 4.51. The Bertz CT molecular complexity index is 563. The highest BCUT2D eigenvalue weighted by Crippen LogP contribution is 2.33. The predicted molar refractivity (Wildman–Crippen MR) is 75.8 cm³/mol. The molecule has 1 amide bonds. The normalized spacial score (nSPS) is 25.8. The average Bonchev–Trinajstić information content (AvgIpc) is 2.98.